The van der Waals surface area contributed by atoms with Crippen LogP contribution in [0, 0.1) is 19.3 Å². The standard InChI is InChI=1S/C17H23FN4O6S/c1-3-6-27-11-14-13(20-29(18,25)21-4-7-26-8-5-21)9-15(28-14)22-10-12(2)16(23)19-17(22)24/h1,10,13-15H,4-9,11H2,2H3,(H,19,23,24)/t13-,14+,15+,29?/m0/s1. The van der Waals surface area contributed by atoms with E-state index in [9.17, 15) is 17.7 Å². The number of terminal acetylenes is 1. The lowest BCUT2D eigenvalue weighted by molar-refractivity contribution is -0.0404. The summed E-state index contributed by atoms with van der Waals surface area (Å²) in [6.45, 7) is 2.40. The van der Waals surface area contributed by atoms with Gasteiger partial charge in [0.1, 0.15) is 18.9 Å². The maximum absolute atomic E-state index is 14.9. The number of aromatic amines is 1. The average molecular weight is 430 g/mol. The number of nitrogens with zero attached hydrogens (tertiary/aromatic N) is 3. The maximum Gasteiger partial charge on any atom is 0.330 e. The Kier molecular flexibility index (Phi) is 6.86. The molecule has 1 aromatic rings. The van der Waals surface area contributed by atoms with Crippen molar-refractivity contribution in [3.63, 3.8) is 0 Å². The molecule has 2 saturated heterocycles. The van der Waals surface area contributed by atoms with Crippen molar-refractivity contribution in [2.75, 3.05) is 39.5 Å². The fourth-order valence-electron chi connectivity index (χ4n) is 3.19. The predicted octanol–water partition coefficient (Wildman–Crippen LogP) is -0.249. The van der Waals surface area contributed by atoms with Gasteiger partial charge in [0.2, 0.25) is 0 Å². The van der Waals surface area contributed by atoms with Crippen molar-refractivity contribution in [1.29, 1.82) is 0 Å². The number of morpholine rings is 1. The van der Waals surface area contributed by atoms with Crippen molar-refractivity contribution in [1.82, 2.24) is 13.9 Å². The van der Waals surface area contributed by atoms with Gasteiger partial charge in [0, 0.05) is 31.3 Å². The lowest BCUT2D eigenvalue weighted by Gasteiger charge is -2.25. The molecule has 0 aliphatic carbocycles. The topological polar surface area (TPSA) is 115 Å². The Bertz CT molecular complexity index is 1000. The molecule has 0 aromatic carbocycles. The number of aryl methyl sites for hydroxylation is 1. The Labute approximate surface area is 167 Å². The zero-order valence-electron chi connectivity index (χ0n) is 15.9. The summed E-state index contributed by atoms with van der Waals surface area (Å²) in [5.41, 5.74) is -0.849. The highest BCUT2D eigenvalue weighted by atomic mass is 32.3. The molecule has 2 aliphatic rings. The van der Waals surface area contributed by atoms with Gasteiger partial charge < -0.3 is 14.2 Å². The lowest BCUT2D eigenvalue weighted by atomic mass is 10.1. The molecule has 10 nitrogen and oxygen atoms in total. The molecule has 12 heteroatoms. The first-order valence-electron chi connectivity index (χ1n) is 9.09. The molecule has 1 unspecified atom stereocenters. The molecule has 0 bridgehead atoms. The molecule has 2 fully saturated rings. The second-order valence-electron chi connectivity index (χ2n) is 6.71. The number of hydrogen-bond acceptors (Lipinski definition) is 7. The highest BCUT2D eigenvalue weighted by Crippen LogP contribution is 2.32. The van der Waals surface area contributed by atoms with Crippen molar-refractivity contribution in [2.24, 2.45) is 4.36 Å². The normalized spacial score (nSPS) is 27.3. The second-order valence-corrected chi connectivity index (χ2v) is 8.30. The highest BCUT2D eigenvalue weighted by molar-refractivity contribution is 7.86. The molecule has 3 heterocycles. The maximum atomic E-state index is 14.9. The molecule has 0 radical (unpaired) electrons. The van der Waals surface area contributed by atoms with Crippen LogP contribution in [0.1, 0.15) is 18.2 Å². The SMILES string of the molecule is C#CCOC[C@H]1O[C@@H](n2cc(C)c(=O)[nH]c2=O)C[C@@H]1N=S(=O)(F)N1CCOCC1. The molecule has 29 heavy (non-hydrogen) atoms. The van der Waals surface area contributed by atoms with Crippen molar-refractivity contribution in [2.45, 2.75) is 31.7 Å². The summed E-state index contributed by atoms with van der Waals surface area (Å²) < 4.78 is 50.0. The smallest absolute Gasteiger partial charge is 0.330 e. The van der Waals surface area contributed by atoms with Gasteiger partial charge >= 0.3 is 5.69 Å². The Balaban J connectivity index is 1.87. The van der Waals surface area contributed by atoms with Crippen LogP contribution in [0.5, 0.6) is 0 Å². The minimum absolute atomic E-state index is 0.00934. The van der Waals surface area contributed by atoms with Gasteiger partial charge in [-0.15, -0.1) is 10.3 Å². The molecule has 3 rings (SSSR count). The molecule has 1 N–H and O–H groups in total. The van der Waals surface area contributed by atoms with E-state index >= 15 is 0 Å². The summed E-state index contributed by atoms with van der Waals surface area (Å²) in [6, 6.07) is -0.836. The highest BCUT2D eigenvalue weighted by Gasteiger charge is 2.39. The van der Waals surface area contributed by atoms with Crippen LogP contribution in [0.25, 0.3) is 0 Å². The molecule has 160 valence electrons. The fraction of sp³-hybridized carbons (Fsp3) is 0.647. The lowest BCUT2D eigenvalue weighted by Crippen LogP contribution is -2.39. The third kappa shape index (κ3) is 5.12. The van der Waals surface area contributed by atoms with E-state index in [1.54, 1.807) is 6.92 Å². The van der Waals surface area contributed by atoms with Crippen molar-refractivity contribution >= 4 is 10.3 Å². The molecular formula is C17H23FN4O6S. The van der Waals surface area contributed by atoms with Crippen LogP contribution in [0.15, 0.2) is 20.1 Å². The fourth-order valence-corrected chi connectivity index (χ4v) is 4.47. The van der Waals surface area contributed by atoms with E-state index in [0.717, 1.165) is 4.31 Å². The van der Waals surface area contributed by atoms with E-state index in [1.807, 2.05) is 0 Å². The van der Waals surface area contributed by atoms with Gasteiger partial charge in [0.15, 0.2) is 0 Å². The third-order valence-electron chi connectivity index (χ3n) is 4.68. The van der Waals surface area contributed by atoms with Gasteiger partial charge in [-0.3, -0.25) is 14.3 Å². The van der Waals surface area contributed by atoms with Crippen LogP contribution in [0.2, 0.25) is 0 Å². The molecular weight excluding hydrogens is 407 g/mol. The quantitative estimate of drug-likeness (QED) is 0.378. The van der Waals surface area contributed by atoms with E-state index in [2.05, 4.69) is 15.3 Å². The van der Waals surface area contributed by atoms with E-state index in [1.165, 1.54) is 10.8 Å². The number of aromatic nitrogens is 2. The van der Waals surface area contributed by atoms with Crippen LogP contribution in [-0.4, -0.2) is 69.7 Å². The number of hydrogen-bond donors (Lipinski definition) is 1. The van der Waals surface area contributed by atoms with Gasteiger partial charge in [0.25, 0.3) is 15.9 Å². The van der Waals surface area contributed by atoms with E-state index < -0.39 is 39.9 Å². The Morgan fingerprint density at radius 3 is 2.86 bits per heavy atom. The summed E-state index contributed by atoms with van der Waals surface area (Å²) in [6.07, 6.45) is 5.03. The van der Waals surface area contributed by atoms with Gasteiger partial charge in [-0.25, -0.2) is 4.79 Å². The van der Waals surface area contributed by atoms with Crippen LogP contribution in [-0.2, 0) is 24.5 Å². The van der Waals surface area contributed by atoms with E-state index in [0.29, 0.717) is 5.56 Å². The van der Waals surface area contributed by atoms with E-state index in [4.69, 9.17) is 20.6 Å². The van der Waals surface area contributed by atoms with Crippen LogP contribution in [0.3, 0.4) is 0 Å². The number of nitrogens with one attached hydrogen (secondary N) is 1. The number of H-pyrrole nitrogens is 1. The van der Waals surface area contributed by atoms with Gasteiger partial charge in [-0.1, -0.05) is 5.92 Å². The zero-order valence-corrected chi connectivity index (χ0v) is 16.7. The largest absolute Gasteiger partial charge is 0.379 e. The average Bonchev–Trinajstić information content (AvgIpc) is 3.07. The van der Waals surface area contributed by atoms with Gasteiger partial charge in [-0.05, 0) is 6.92 Å². The van der Waals surface area contributed by atoms with E-state index in [-0.39, 0.29) is 45.9 Å². The Morgan fingerprint density at radius 2 is 2.17 bits per heavy atom. The first-order chi connectivity index (χ1) is 13.8. The minimum atomic E-state index is -4.15. The Hall–Kier alpha value is -2.04. The van der Waals surface area contributed by atoms with Crippen molar-refractivity contribution < 1.29 is 22.3 Å². The van der Waals surface area contributed by atoms with Crippen LogP contribution in [0.4, 0.5) is 3.89 Å². The van der Waals surface area contributed by atoms with Gasteiger partial charge in [0.05, 0.1) is 25.9 Å². The monoisotopic (exact) mass is 430 g/mol. The number of halogens is 1. The van der Waals surface area contributed by atoms with Crippen molar-refractivity contribution in [3.05, 3.63) is 32.6 Å². The molecule has 0 spiro atoms. The minimum Gasteiger partial charge on any atom is -0.379 e. The molecule has 0 saturated carbocycles. The summed E-state index contributed by atoms with van der Waals surface area (Å²) in [5.74, 6) is 2.32. The number of ether oxygens (including phenoxy) is 3. The Morgan fingerprint density at radius 1 is 1.45 bits per heavy atom. The first-order valence-corrected chi connectivity index (χ1v) is 10.5. The molecule has 1 aromatic heterocycles. The molecule has 0 amide bonds. The second kappa shape index (κ2) is 9.19. The first kappa shape index (κ1) is 21.7. The zero-order chi connectivity index (χ0) is 21.0. The van der Waals surface area contributed by atoms with Crippen LogP contribution >= 0.6 is 0 Å². The summed E-state index contributed by atoms with van der Waals surface area (Å²) in [7, 11) is -4.15. The molecule has 2 aliphatic heterocycles. The third-order valence-corrected chi connectivity index (χ3v) is 6.21. The summed E-state index contributed by atoms with van der Waals surface area (Å²) in [4.78, 5) is 26.0. The van der Waals surface area contributed by atoms with Crippen molar-refractivity contribution in [3.8, 4) is 12.3 Å². The predicted molar refractivity (Wildman–Crippen MR) is 102 cm³/mol. The number of rotatable bonds is 6. The summed E-state index contributed by atoms with van der Waals surface area (Å²) >= 11 is 0. The summed E-state index contributed by atoms with van der Waals surface area (Å²) in [5, 5.41) is 0. The van der Waals surface area contributed by atoms with Crippen LogP contribution < -0.4 is 11.2 Å². The van der Waals surface area contributed by atoms with Gasteiger partial charge in [-0.2, -0.15) is 12.9 Å². The molecule has 4 atom stereocenters.